The molecule has 1 aliphatic carbocycles. The van der Waals surface area contributed by atoms with Gasteiger partial charge in [0, 0.05) is 6.54 Å². The van der Waals surface area contributed by atoms with Crippen molar-refractivity contribution in [3.63, 3.8) is 0 Å². The minimum Gasteiger partial charge on any atom is -0.359 e. The SMILES string of the molecule is N#Cc1cccc2c1CCC2(C1CNCO1)N1CCCCC1. The second-order valence-corrected chi connectivity index (χ2v) is 6.67. The van der Waals surface area contributed by atoms with Gasteiger partial charge in [-0.3, -0.25) is 10.2 Å². The fourth-order valence-electron chi connectivity index (χ4n) is 4.69. The van der Waals surface area contributed by atoms with E-state index < -0.39 is 0 Å². The minimum absolute atomic E-state index is 0.0356. The summed E-state index contributed by atoms with van der Waals surface area (Å²) < 4.78 is 6.09. The summed E-state index contributed by atoms with van der Waals surface area (Å²) in [4.78, 5) is 2.65. The lowest BCUT2D eigenvalue weighted by Crippen LogP contribution is -2.55. The van der Waals surface area contributed by atoms with Gasteiger partial charge in [-0.2, -0.15) is 5.26 Å². The van der Waals surface area contributed by atoms with Crippen molar-refractivity contribution in [3.05, 3.63) is 34.9 Å². The number of ether oxygens (including phenoxy) is 1. The van der Waals surface area contributed by atoms with Gasteiger partial charge in [0.1, 0.15) is 0 Å². The van der Waals surface area contributed by atoms with Crippen LogP contribution in [0.3, 0.4) is 0 Å². The highest BCUT2D eigenvalue weighted by molar-refractivity contribution is 5.50. The summed E-state index contributed by atoms with van der Waals surface area (Å²) in [5.41, 5.74) is 3.42. The van der Waals surface area contributed by atoms with Crippen LogP contribution in [0.1, 0.15) is 42.4 Å². The highest BCUT2D eigenvalue weighted by Gasteiger charge is 2.51. The number of rotatable bonds is 2. The highest BCUT2D eigenvalue weighted by atomic mass is 16.5. The van der Waals surface area contributed by atoms with E-state index in [0.717, 1.165) is 38.0 Å². The summed E-state index contributed by atoms with van der Waals surface area (Å²) in [6.07, 6.45) is 6.15. The number of hydrogen-bond acceptors (Lipinski definition) is 4. The molecule has 2 heterocycles. The summed E-state index contributed by atoms with van der Waals surface area (Å²) in [5, 5.41) is 12.8. The molecule has 4 heteroatoms. The van der Waals surface area contributed by atoms with E-state index in [1.54, 1.807) is 0 Å². The fourth-order valence-corrected chi connectivity index (χ4v) is 4.69. The molecule has 1 aromatic carbocycles. The molecule has 0 amide bonds. The first-order chi connectivity index (χ1) is 10.9. The summed E-state index contributed by atoms with van der Waals surface area (Å²) in [6.45, 7) is 3.85. The van der Waals surface area contributed by atoms with Crippen molar-refractivity contribution in [2.75, 3.05) is 26.4 Å². The molecule has 1 aromatic rings. The lowest BCUT2D eigenvalue weighted by Gasteiger charge is -2.47. The van der Waals surface area contributed by atoms with Gasteiger partial charge in [-0.15, -0.1) is 0 Å². The first-order valence-electron chi connectivity index (χ1n) is 8.46. The minimum atomic E-state index is -0.0356. The second kappa shape index (κ2) is 5.66. The molecule has 116 valence electrons. The average Bonchev–Trinajstić information content (AvgIpc) is 3.23. The van der Waals surface area contributed by atoms with Crippen LogP contribution in [0.2, 0.25) is 0 Å². The van der Waals surface area contributed by atoms with Crippen LogP contribution in [-0.2, 0) is 16.7 Å². The van der Waals surface area contributed by atoms with Gasteiger partial charge in [-0.1, -0.05) is 18.6 Å². The van der Waals surface area contributed by atoms with Gasteiger partial charge in [0.2, 0.25) is 0 Å². The quantitative estimate of drug-likeness (QED) is 0.908. The number of nitriles is 1. The number of nitrogens with zero attached hydrogens (tertiary/aromatic N) is 2. The van der Waals surface area contributed by atoms with Gasteiger partial charge in [0.25, 0.3) is 0 Å². The third-order valence-electron chi connectivity index (χ3n) is 5.69. The van der Waals surface area contributed by atoms with Gasteiger partial charge in [-0.05, 0) is 56.0 Å². The van der Waals surface area contributed by atoms with Crippen LogP contribution in [0, 0.1) is 11.3 Å². The smallest absolute Gasteiger partial charge is 0.0994 e. The summed E-state index contributed by atoms with van der Waals surface area (Å²) in [6, 6.07) is 8.62. The molecule has 0 aromatic heterocycles. The molecule has 4 nitrogen and oxygen atoms in total. The van der Waals surface area contributed by atoms with Gasteiger partial charge < -0.3 is 4.74 Å². The van der Waals surface area contributed by atoms with Gasteiger partial charge in [0.15, 0.2) is 0 Å². The molecule has 0 saturated carbocycles. The number of fused-ring (bicyclic) bond motifs is 1. The Labute approximate surface area is 132 Å². The van der Waals surface area contributed by atoms with Crippen molar-refractivity contribution in [2.24, 2.45) is 0 Å². The van der Waals surface area contributed by atoms with Crippen LogP contribution in [0.25, 0.3) is 0 Å². The Balaban J connectivity index is 1.82. The molecule has 4 rings (SSSR count). The van der Waals surface area contributed by atoms with Crippen molar-refractivity contribution < 1.29 is 4.74 Å². The second-order valence-electron chi connectivity index (χ2n) is 6.67. The molecule has 2 saturated heterocycles. The van der Waals surface area contributed by atoms with Gasteiger partial charge in [0.05, 0.1) is 30.0 Å². The van der Waals surface area contributed by atoms with Crippen molar-refractivity contribution in [1.82, 2.24) is 10.2 Å². The van der Waals surface area contributed by atoms with Crippen molar-refractivity contribution in [3.8, 4) is 6.07 Å². The molecule has 3 aliphatic rings. The molecule has 2 fully saturated rings. The summed E-state index contributed by atoms with van der Waals surface area (Å²) in [7, 11) is 0. The van der Waals surface area contributed by atoms with Crippen LogP contribution >= 0.6 is 0 Å². The lowest BCUT2D eigenvalue weighted by atomic mass is 9.82. The van der Waals surface area contributed by atoms with Gasteiger partial charge >= 0.3 is 0 Å². The fraction of sp³-hybridized carbons (Fsp3) is 0.611. The van der Waals surface area contributed by atoms with Crippen LogP contribution in [0.4, 0.5) is 0 Å². The number of hydrogen-bond donors (Lipinski definition) is 1. The normalized spacial score (nSPS) is 31.9. The van der Waals surface area contributed by atoms with Gasteiger partial charge in [-0.25, -0.2) is 0 Å². The number of likely N-dealkylation sites (tertiary alicyclic amines) is 1. The largest absolute Gasteiger partial charge is 0.359 e. The van der Waals surface area contributed by atoms with E-state index in [2.05, 4.69) is 22.4 Å². The number of piperidine rings is 1. The van der Waals surface area contributed by atoms with Crippen LogP contribution < -0.4 is 5.32 Å². The maximum absolute atomic E-state index is 9.44. The molecule has 2 atom stereocenters. The van der Waals surface area contributed by atoms with Crippen LogP contribution in [0.15, 0.2) is 18.2 Å². The molecular weight excluding hydrogens is 274 g/mol. The molecule has 0 radical (unpaired) electrons. The maximum atomic E-state index is 9.44. The van der Waals surface area contributed by atoms with E-state index in [-0.39, 0.29) is 11.6 Å². The molecule has 2 unspecified atom stereocenters. The Morgan fingerprint density at radius 3 is 2.86 bits per heavy atom. The zero-order chi connectivity index (χ0) is 15.0. The summed E-state index contributed by atoms with van der Waals surface area (Å²) >= 11 is 0. The van der Waals surface area contributed by atoms with E-state index in [1.807, 2.05) is 12.1 Å². The zero-order valence-electron chi connectivity index (χ0n) is 13.0. The monoisotopic (exact) mass is 297 g/mol. The standard InChI is InChI=1S/C18H23N3O/c19-11-14-5-4-6-16-15(14)7-8-18(16,17-12-20-13-22-17)21-9-2-1-3-10-21/h4-6,17,20H,1-3,7-10,12-13H2. The number of benzene rings is 1. The Hall–Kier alpha value is -1.41. The van der Waals surface area contributed by atoms with E-state index >= 15 is 0 Å². The predicted octanol–water partition coefficient (Wildman–Crippen LogP) is 2.13. The van der Waals surface area contributed by atoms with Crippen LogP contribution in [-0.4, -0.2) is 37.4 Å². The third-order valence-corrected chi connectivity index (χ3v) is 5.69. The van der Waals surface area contributed by atoms with E-state index in [0.29, 0.717) is 6.73 Å². The molecule has 22 heavy (non-hydrogen) atoms. The molecule has 0 bridgehead atoms. The molecular formula is C18H23N3O. The summed E-state index contributed by atoms with van der Waals surface area (Å²) in [5.74, 6) is 0. The first-order valence-corrected chi connectivity index (χ1v) is 8.46. The van der Waals surface area contributed by atoms with Crippen LogP contribution in [0.5, 0.6) is 0 Å². The average molecular weight is 297 g/mol. The van der Waals surface area contributed by atoms with Crippen molar-refractivity contribution in [1.29, 1.82) is 5.26 Å². The molecule has 0 spiro atoms. The first kappa shape index (κ1) is 14.2. The highest BCUT2D eigenvalue weighted by Crippen LogP contribution is 2.47. The zero-order valence-corrected chi connectivity index (χ0v) is 13.0. The molecule has 1 N–H and O–H groups in total. The Bertz CT molecular complexity index is 597. The Morgan fingerprint density at radius 1 is 1.27 bits per heavy atom. The van der Waals surface area contributed by atoms with E-state index in [4.69, 9.17) is 4.74 Å². The van der Waals surface area contributed by atoms with E-state index in [9.17, 15) is 5.26 Å². The van der Waals surface area contributed by atoms with Crippen molar-refractivity contribution in [2.45, 2.75) is 43.7 Å². The Kier molecular flexibility index (Phi) is 3.65. The number of nitrogens with one attached hydrogen (secondary N) is 1. The maximum Gasteiger partial charge on any atom is 0.0994 e. The third kappa shape index (κ3) is 2.00. The topological polar surface area (TPSA) is 48.3 Å². The molecule has 2 aliphatic heterocycles. The lowest BCUT2D eigenvalue weighted by molar-refractivity contribution is -0.0536. The van der Waals surface area contributed by atoms with Crippen molar-refractivity contribution >= 4 is 0 Å². The van der Waals surface area contributed by atoms with E-state index in [1.165, 1.54) is 30.4 Å². The predicted molar refractivity (Wildman–Crippen MR) is 84.3 cm³/mol. The Morgan fingerprint density at radius 2 is 2.14 bits per heavy atom.